The fourth-order valence-corrected chi connectivity index (χ4v) is 3.53. The van der Waals surface area contributed by atoms with Crippen molar-refractivity contribution in [3.05, 3.63) is 52.5 Å². The number of hydrogen-bond donors (Lipinski definition) is 3. The van der Waals surface area contributed by atoms with Crippen molar-refractivity contribution >= 4 is 39.2 Å². The Hall–Kier alpha value is -2.58. The van der Waals surface area contributed by atoms with E-state index >= 15 is 0 Å². The molecule has 2 aromatic rings. The van der Waals surface area contributed by atoms with Crippen LogP contribution in [-0.2, 0) is 10.5 Å². The van der Waals surface area contributed by atoms with E-state index in [0.29, 0.717) is 34.6 Å². The molecule has 0 radical (unpaired) electrons. The third-order valence-corrected chi connectivity index (χ3v) is 5.33. The number of nitrogens with one attached hydrogen (secondary N) is 2. The van der Waals surface area contributed by atoms with Gasteiger partial charge < -0.3 is 20.5 Å². The molecule has 3 rings (SSSR count). The lowest BCUT2D eigenvalue weighted by Gasteiger charge is -2.43. The maximum Gasteiger partial charge on any atom is 0.329 e. The van der Waals surface area contributed by atoms with E-state index in [9.17, 15) is 14.7 Å². The number of benzene rings is 2. The Morgan fingerprint density at radius 3 is 2.59 bits per heavy atom. The average molecular weight is 462 g/mol. The molecule has 154 valence electrons. The van der Waals surface area contributed by atoms with Gasteiger partial charge in [-0.05, 0) is 62.7 Å². The minimum absolute atomic E-state index is 0.172. The maximum absolute atomic E-state index is 13.2. The molecule has 0 fully saturated rings. The Labute approximate surface area is 178 Å². The lowest BCUT2D eigenvalue weighted by Crippen LogP contribution is -2.63. The van der Waals surface area contributed by atoms with Crippen LogP contribution in [0.5, 0.6) is 5.75 Å². The summed E-state index contributed by atoms with van der Waals surface area (Å²) in [7, 11) is 0. The van der Waals surface area contributed by atoms with Crippen molar-refractivity contribution in [2.24, 2.45) is 0 Å². The van der Waals surface area contributed by atoms with Gasteiger partial charge in [0.2, 0.25) is 0 Å². The van der Waals surface area contributed by atoms with Gasteiger partial charge in [-0.15, -0.1) is 0 Å². The number of urea groups is 1. The predicted molar refractivity (Wildman–Crippen MR) is 115 cm³/mol. The van der Waals surface area contributed by atoms with E-state index in [1.165, 1.54) is 0 Å². The molecule has 29 heavy (non-hydrogen) atoms. The number of halogens is 1. The number of carbonyl (C=O) groups is 2. The average Bonchev–Trinajstić information content (AvgIpc) is 2.70. The van der Waals surface area contributed by atoms with Gasteiger partial charge >= 0.3 is 6.03 Å². The second-order valence-corrected chi connectivity index (χ2v) is 7.75. The second kappa shape index (κ2) is 8.42. The van der Waals surface area contributed by atoms with E-state index in [-0.39, 0.29) is 11.6 Å². The summed E-state index contributed by atoms with van der Waals surface area (Å²) in [5, 5.41) is 17.3. The third kappa shape index (κ3) is 3.95. The van der Waals surface area contributed by atoms with E-state index in [1.807, 2.05) is 20.8 Å². The molecule has 1 heterocycles. The van der Waals surface area contributed by atoms with Crippen LogP contribution in [0.2, 0.25) is 0 Å². The highest BCUT2D eigenvalue weighted by atomic mass is 79.9. The maximum atomic E-state index is 13.2. The van der Waals surface area contributed by atoms with Gasteiger partial charge in [0, 0.05) is 21.8 Å². The van der Waals surface area contributed by atoms with Gasteiger partial charge in [-0.1, -0.05) is 22.9 Å². The Kier molecular flexibility index (Phi) is 6.14. The number of carbonyl (C=O) groups excluding carboxylic acids is 2. The van der Waals surface area contributed by atoms with Crippen LogP contribution in [0.3, 0.4) is 0 Å². The number of rotatable bonds is 6. The van der Waals surface area contributed by atoms with Crippen LogP contribution < -0.4 is 20.3 Å². The number of fused-ring (bicyclic) bond motifs is 1. The van der Waals surface area contributed by atoms with Crippen LogP contribution in [0.15, 0.2) is 46.9 Å². The first-order chi connectivity index (χ1) is 13.8. The van der Waals surface area contributed by atoms with Gasteiger partial charge in [0.1, 0.15) is 5.75 Å². The summed E-state index contributed by atoms with van der Waals surface area (Å²) in [6, 6.07) is 10.9. The van der Waals surface area contributed by atoms with Crippen molar-refractivity contribution < 1.29 is 19.4 Å². The lowest BCUT2D eigenvalue weighted by molar-refractivity contribution is -0.140. The van der Waals surface area contributed by atoms with Gasteiger partial charge in [-0.3, -0.25) is 9.69 Å². The summed E-state index contributed by atoms with van der Waals surface area (Å²) >= 11 is 3.38. The molecular weight excluding hydrogens is 438 g/mol. The molecule has 3 amide bonds. The number of amides is 3. The van der Waals surface area contributed by atoms with Gasteiger partial charge in [-0.2, -0.15) is 0 Å². The minimum Gasteiger partial charge on any atom is -0.494 e. The number of nitrogens with zero attached hydrogens (tertiary/aromatic N) is 1. The topological polar surface area (TPSA) is 90.9 Å². The zero-order valence-corrected chi connectivity index (χ0v) is 18.1. The van der Waals surface area contributed by atoms with Crippen molar-refractivity contribution in [2.45, 2.75) is 39.0 Å². The first-order valence-electron chi connectivity index (χ1n) is 9.48. The Morgan fingerprint density at radius 2 is 1.97 bits per heavy atom. The molecule has 8 heteroatoms. The van der Waals surface area contributed by atoms with Crippen molar-refractivity contribution in [2.75, 3.05) is 16.8 Å². The number of aliphatic hydroxyl groups is 1. The van der Waals surface area contributed by atoms with Gasteiger partial charge in [0.25, 0.3) is 11.6 Å². The summed E-state index contributed by atoms with van der Waals surface area (Å²) in [5.41, 5.74) is -1.21. The highest BCUT2D eigenvalue weighted by Gasteiger charge is 2.52. The molecule has 0 unspecified atom stereocenters. The van der Waals surface area contributed by atoms with E-state index in [2.05, 4.69) is 26.6 Å². The molecular formula is C21H24BrN3O4. The van der Waals surface area contributed by atoms with Crippen LogP contribution in [0.4, 0.5) is 16.2 Å². The monoisotopic (exact) mass is 461 g/mol. The molecule has 0 saturated heterocycles. The predicted octanol–water partition coefficient (Wildman–Crippen LogP) is 3.96. The van der Waals surface area contributed by atoms with Crippen molar-refractivity contribution in [3.8, 4) is 5.75 Å². The first-order valence-corrected chi connectivity index (χ1v) is 10.3. The summed E-state index contributed by atoms with van der Waals surface area (Å²) in [6.07, 6.45) is 0.683. The smallest absolute Gasteiger partial charge is 0.329 e. The van der Waals surface area contributed by atoms with E-state index in [0.717, 1.165) is 4.90 Å². The molecule has 1 aliphatic heterocycles. The largest absolute Gasteiger partial charge is 0.494 e. The van der Waals surface area contributed by atoms with Gasteiger partial charge in [0.15, 0.2) is 0 Å². The van der Waals surface area contributed by atoms with E-state index < -0.39 is 17.7 Å². The quantitative estimate of drug-likeness (QED) is 0.606. The van der Waals surface area contributed by atoms with Gasteiger partial charge in [0.05, 0.1) is 12.3 Å². The first kappa shape index (κ1) is 21.1. The molecule has 0 spiro atoms. The summed E-state index contributed by atoms with van der Waals surface area (Å²) in [6.45, 7) is 6.15. The molecule has 0 aromatic heterocycles. The van der Waals surface area contributed by atoms with Crippen molar-refractivity contribution in [3.63, 3.8) is 0 Å². The summed E-state index contributed by atoms with van der Waals surface area (Å²) < 4.78 is 6.12. The highest BCUT2D eigenvalue weighted by Crippen LogP contribution is 2.41. The summed E-state index contributed by atoms with van der Waals surface area (Å²) in [4.78, 5) is 27.3. The lowest BCUT2D eigenvalue weighted by atomic mass is 9.94. The zero-order chi connectivity index (χ0) is 21.2. The molecule has 7 nitrogen and oxygen atoms in total. The Bertz CT molecular complexity index is 919. The van der Waals surface area contributed by atoms with Crippen LogP contribution in [-0.4, -0.2) is 29.7 Å². The fourth-order valence-electron chi connectivity index (χ4n) is 3.16. The second-order valence-electron chi connectivity index (χ2n) is 6.84. The SMILES string of the molecule is CCOc1ccc(N2C(=O)Nc3ccc(Br)cc3[C@]2(O)C(=O)N[C@H](C)CC)cc1. The normalized spacial score (nSPS) is 19.2. The van der Waals surface area contributed by atoms with E-state index in [4.69, 9.17) is 4.74 Å². The Morgan fingerprint density at radius 1 is 1.28 bits per heavy atom. The molecule has 2 atom stereocenters. The zero-order valence-electron chi connectivity index (χ0n) is 16.5. The molecule has 2 aromatic carbocycles. The highest BCUT2D eigenvalue weighted by molar-refractivity contribution is 9.10. The minimum atomic E-state index is -2.22. The van der Waals surface area contributed by atoms with Crippen molar-refractivity contribution in [1.29, 1.82) is 0 Å². The molecule has 0 aliphatic carbocycles. The third-order valence-electron chi connectivity index (χ3n) is 4.84. The van der Waals surface area contributed by atoms with Crippen LogP contribution in [0, 0.1) is 0 Å². The number of hydrogen-bond acceptors (Lipinski definition) is 4. The number of ether oxygens (including phenoxy) is 1. The van der Waals surface area contributed by atoms with Crippen LogP contribution >= 0.6 is 15.9 Å². The molecule has 0 bridgehead atoms. The molecule has 0 saturated carbocycles. The fraction of sp³-hybridized carbons (Fsp3) is 0.333. The van der Waals surface area contributed by atoms with Gasteiger partial charge in [-0.25, -0.2) is 4.79 Å². The molecule has 1 aliphatic rings. The number of anilines is 2. The standard InChI is InChI=1S/C21H24BrN3O4/c1-4-13(3)23-19(26)21(28)17-12-14(22)6-11-18(17)24-20(27)25(21)15-7-9-16(10-8-15)29-5-2/h6-13,28H,4-5H2,1-3H3,(H,23,26)(H,24,27)/t13-,21+/m1/s1. The van der Waals surface area contributed by atoms with Crippen LogP contribution in [0.25, 0.3) is 0 Å². The van der Waals surface area contributed by atoms with Crippen molar-refractivity contribution in [1.82, 2.24) is 5.32 Å². The van der Waals surface area contributed by atoms with E-state index in [1.54, 1.807) is 42.5 Å². The Balaban J connectivity index is 2.14. The molecule has 3 N–H and O–H groups in total. The van der Waals surface area contributed by atoms with Crippen LogP contribution in [0.1, 0.15) is 32.8 Å². The summed E-state index contributed by atoms with van der Waals surface area (Å²) in [5.74, 6) is -0.0423.